The maximum atomic E-state index is 12.4. The highest BCUT2D eigenvalue weighted by molar-refractivity contribution is 5.92. The fourth-order valence-electron chi connectivity index (χ4n) is 5.12. The van der Waals surface area contributed by atoms with Gasteiger partial charge in [-0.05, 0) is 76.3 Å². The first-order chi connectivity index (χ1) is 18.6. The lowest BCUT2D eigenvalue weighted by Gasteiger charge is -2.40. The van der Waals surface area contributed by atoms with Crippen molar-refractivity contribution in [3.05, 3.63) is 72.3 Å². The Labute approximate surface area is 230 Å². The van der Waals surface area contributed by atoms with E-state index in [4.69, 9.17) is 0 Å². The molecule has 0 radical (unpaired) electrons. The van der Waals surface area contributed by atoms with E-state index in [2.05, 4.69) is 63.3 Å². The number of anilines is 1. The van der Waals surface area contributed by atoms with Crippen molar-refractivity contribution < 1.29 is 9.59 Å². The van der Waals surface area contributed by atoms with Crippen LogP contribution in [0.3, 0.4) is 0 Å². The number of rotatable bonds is 8. The third kappa shape index (κ3) is 6.71. The second-order valence-corrected chi connectivity index (χ2v) is 11.1. The first-order valence-corrected chi connectivity index (χ1v) is 13.5. The molecule has 4 rings (SSSR count). The van der Waals surface area contributed by atoms with Crippen LogP contribution in [-0.2, 0) is 11.3 Å². The van der Waals surface area contributed by atoms with Crippen molar-refractivity contribution in [1.29, 1.82) is 0 Å². The molecule has 206 valence electrons. The number of aromatic nitrogens is 4. The first-order valence-electron chi connectivity index (χ1n) is 13.5. The summed E-state index contributed by atoms with van der Waals surface area (Å²) in [5.74, 6) is -0.252. The van der Waals surface area contributed by atoms with Gasteiger partial charge in [-0.15, -0.1) is 5.10 Å². The molecule has 0 saturated carbocycles. The molecule has 9 nitrogen and oxygen atoms in total. The highest BCUT2D eigenvalue weighted by Crippen LogP contribution is 2.33. The van der Waals surface area contributed by atoms with E-state index in [0.717, 1.165) is 53.9 Å². The van der Waals surface area contributed by atoms with Crippen molar-refractivity contribution in [2.75, 3.05) is 24.5 Å². The van der Waals surface area contributed by atoms with Gasteiger partial charge in [0.2, 0.25) is 5.91 Å². The van der Waals surface area contributed by atoms with Crippen molar-refractivity contribution in [3.8, 4) is 11.1 Å². The fraction of sp³-hybridized carbons (Fsp3) is 0.433. The summed E-state index contributed by atoms with van der Waals surface area (Å²) in [6.45, 7) is 16.4. The normalized spacial score (nSPS) is 15.6. The number of carbonyl (C=O) groups excluding carboxylic acids is 2. The molecule has 39 heavy (non-hydrogen) atoms. The van der Waals surface area contributed by atoms with E-state index in [1.807, 2.05) is 45.0 Å². The Kier molecular flexibility index (Phi) is 8.47. The van der Waals surface area contributed by atoms with Crippen LogP contribution in [0.5, 0.6) is 0 Å². The van der Waals surface area contributed by atoms with Crippen LogP contribution in [0.15, 0.2) is 55.5 Å². The van der Waals surface area contributed by atoms with Gasteiger partial charge in [-0.2, -0.15) is 0 Å². The smallest absolute Gasteiger partial charge is 0.273 e. The van der Waals surface area contributed by atoms with E-state index in [0.29, 0.717) is 18.8 Å². The third-order valence-corrected chi connectivity index (χ3v) is 7.02. The summed E-state index contributed by atoms with van der Waals surface area (Å²) in [4.78, 5) is 33.5. The summed E-state index contributed by atoms with van der Waals surface area (Å²) < 4.78 is 1.69. The number of carbonyl (C=O) groups is 2. The summed E-state index contributed by atoms with van der Waals surface area (Å²) in [5.41, 5.74) is 5.47. The average molecular weight is 530 g/mol. The summed E-state index contributed by atoms with van der Waals surface area (Å²) in [6, 6.07) is 8.60. The van der Waals surface area contributed by atoms with Crippen LogP contribution < -0.4 is 10.2 Å². The standard InChI is InChI=1S/C30H39N7O2/c1-7-28(38)37(8-2)24-10-9-15-35(19-24)27-17-31-14-13-25(27)22-11-12-23(21(3)16-22)18-36-20-26(33-34-36)29(39)32-30(4,5)6/h7,11-14,16-17,20,24H,1,8-10,15,18-19H2,2-6H3,(H,32,39). The average Bonchev–Trinajstić information content (AvgIpc) is 3.38. The van der Waals surface area contributed by atoms with Crippen molar-refractivity contribution in [2.24, 2.45) is 0 Å². The van der Waals surface area contributed by atoms with E-state index >= 15 is 0 Å². The fourth-order valence-corrected chi connectivity index (χ4v) is 5.12. The Hall–Kier alpha value is -4.01. The molecule has 1 aliphatic heterocycles. The Morgan fingerprint density at radius 2 is 2.05 bits per heavy atom. The van der Waals surface area contributed by atoms with Gasteiger partial charge in [-0.3, -0.25) is 14.6 Å². The van der Waals surface area contributed by atoms with Crippen molar-refractivity contribution in [3.63, 3.8) is 0 Å². The van der Waals surface area contributed by atoms with Crippen LogP contribution in [0, 0.1) is 6.92 Å². The van der Waals surface area contributed by atoms with Crippen molar-refractivity contribution in [1.82, 2.24) is 30.2 Å². The molecule has 1 saturated heterocycles. The van der Waals surface area contributed by atoms with Crippen LogP contribution in [0.4, 0.5) is 5.69 Å². The molecule has 1 atom stereocenters. The van der Waals surface area contributed by atoms with Gasteiger partial charge < -0.3 is 15.1 Å². The minimum atomic E-state index is -0.341. The lowest BCUT2D eigenvalue weighted by Crippen LogP contribution is -2.50. The number of piperidine rings is 1. The summed E-state index contributed by atoms with van der Waals surface area (Å²) in [6.07, 6.45) is 8.82. The van der Waals surface area contributed by atoms with E-state index in [1.165, 1.54) is 6.08 Å². The molecule has 1 aliphatic rings. The molecule has 0 spiro atoms. The van der Waals surface area contributed by atoms with Crippen LogP contribution in [0.2, 0.25) is 0 Å². The minimum absolute atomic E-state index is 0.0173. The lowest BCUT2D eigenvalue weighted by molar-refractivity contribution is -0.128. The number of likely N-dealkylation sites (N-methyl/N-ethyl adjacent to an activating group) is 1. The topological polar surface area (TPSA) is 96.2 Å². The quantitative estimate of drug-likeness (QED) is 0.439. The highest BCUT2D eigenvalue weighted by Gasteiger charge is 2.28. The number of aryl methyl sites for hydroxylation is 1. The molecule has 3 heterocycles. The van der Waals surface area contributed by atoms with E-state index in [-0.39, 0.29) is 23.4 Å². The molecule has 0 bridgehead atoms. The molecule has 1 fully saturated rings. The predicted molar refractivity (Wildman–Crippen MR) is 154 cm³/mol. The Bertz CT molecular complexity index is 1340. The molecule has 2 aromatic heterocycles. The van der Waals surface area contributed by atoms with Crippen LogP contribution in [-0.4, -0.2) is 67.9 Å². The molecule has 3 aromatic rings. The number of hydrogen-bond donors (Lipinski definition) is 1. The van der Waals surface area contributed by atoms with Gasteiger partial charge in [-0.1, -0.05) is 30.0 Å². The minimum Gasteiger partial charge on any atom is -0.368 e. The van der Waals surface area contributed by atoms with Crippen LogP contribution >= 0.6 is 0 Å². The van der Waals surface area contributed by atoms with Gasteiger partial charge >= 0.3 is 0 Å². The molecule has 1 N–H and O–H groups in total. The van der Waals surface area contributed by atoms with Crippen LogP contribution in [0.1, 0.15) is 62.2 Å². The van der Waals surface area contributed by atoms with Gasteiger partial charge in [0.1, 0.15) is 0 Å². The van der Waals surface area contributed by atoms with Gasteiger partial charge in [0, 0.05) is 43.0 Å². The number of amides is 2. The number of hydrogen-bond acceptors (Lipinski definition) is 6. The highest BCUT2D eigenvalue weighted by atomic mass is 16.2. The summed E-state index contributed by atoms with van der Waals surface area (Å²) in [7, 11) is 0. The molecule has 2 amide bonds. The predicted octanol–water partition coefficient (Wildman–Crippen LogP) is 4.23. The van der Waals surface area contributed by atoms with Crippen LogP contribution in [0.25, 0.3) is 11.1 Å². The maximum absolute atomic E-state index is 12.4. The zero-order valence-electron chi connectivity index (χ0n) is 23.6. The maximum Gasteiger partial charge on any atom is 0.273 e. The zero-order valence-corrected chi connectivity index (χ0v) is 23.6. The lowest BCUT2D eigenvalue weighted by atomic mass is 9.97. The number of benzene rings is 1. The zero-order chi connectivity index (χ0) is 28.2. The monoisotopic (exact) mass is 529 g/mol. The second kappa shape index (κ2) is 11.8. The molecule has 1 unspecified atom stereocenters. The third-order valence-electron chi connectivity index (χ3n) is 7.02. The summed E-state index contributed by atoms with van der Waals surface area (Å²) in [5, 5.41) is 11.1. The van der Waals surface area contributed by atoms with Crippen molar-refractivity contribution in [2.45, 2.75) is 65.6 Å². The molecular weight excluding hydrogens is 490 g/mol. The molecule has 9 heteroatoms. The second-order valence-electron chi connectivity index (χ2n) is 11.1. The number of pyridine rings is 1. The van der Waals surface area contributed by atoms with E-state index in [1.54, 1.807) is 10.9 Å². The SMILES string of the molecule is C=CC(=O)N(CC)C1CCCN(c2cnccc2-c2ccc(Cn3cc(C(=O)NC(C)(C)C)nn3)c(C)c2)C1. The molecule has 0 aliphatic carbocycles. The van der Waals surface area contributed by atoms with E-state index in [9.17, 15) is 9.59 Å². The number of nitrogens with zero attached hydrogens (tertiary/aromatic N) is 6. The van der Waals surface area contributed by atoms with Gasteiger partial charge in [0.05, 0.1) is 24.6 Å². The van der Waals surface area contributed by atoms with Gasteiger partial charge in [0.25, 0.3) is 5.91 Å². The van der Waals surface area contributed by atoms with Gasteiger partial charge in [0.15, 0.2) is 5.69 Å². The summed E-state index contributed by atoms with van der Waals surface area (Å²) >= 11 is 0. The van der Waals surface area contributed by atoms with E-state index < -0.39 is 0 Å². The van der Waals surface area contributed by atoms with Gasteiger partial charge in [-0.25, -0.2) is 4.68 Å². The first kappa shape index (κ1) is 28.0. The Morgan fingerprint density at radius 1 is 1.26 bits per heavy atom. The Balaban J connectivity index is 1.53. The Morgan fingerprint density at radius 3 is 2.74 bits per heavy atom. The molecular formula is C30H39N7O2. The molecule has 1 aromatic carbocycles. The van der Waals surface area contributed by atoms with Crippen molar-refractivity contribution >= 4 is 17.5 Å². The largest absolute Gasteiger partial charge is 0.368 e. The number of nitrogens with one attached hydrogen (secondary N) is 1.